The maximum atomic E-state index is 11.7. The van der Waals surface area contributed by atoms with Crippen molar-refractivity contribution in [1.29, 1.82) is 0 Å². The number of rotatable bonds is 0. The summed E-state index contributed by atoms with van der Waals surface area (Å²) in [6, 6.07) is 0. The van der Waals surface area contributed by atoms with E-state index in [0.717, 1.165) is 6.42 Å². The van der Waals surface area contributed by atoms with Gasteiger partial charge in [-0.3, -0.25) is 4.79 Å². The predicted octanol–water partition coefficient (Wildman–Crippen LogP) is 0.619. The van der Waals surface area contributed by atoms with Gasteiger partial charge in [0.05, 0.1) is 45.6 Å². The third-order valence-corrected chi connectivity index (χ3v) is 3.28. The van der Waals surface area contributed by atoms with Crippen molar-refractivity contribution in [3.8, 4) is 0 Å². The molecular formula is C12H20O5. The summed E-state index contributed by atoms with van der Waals surface area (Å²) in [5.41, 5.74) is -0.0396. The van der Waals surface area contributed by atoms with Crippen LogP contribution in [-0.2, 0) is 23.7 Å². The number of carbonyl (C=O) groups excluding carboxylic acids is 1. The van der Waals surface area contributed by atoms with Gasteiger partial charge in [-0.1, -0.05) is 6.92 Å². The first-order valence-electron chi connectivity index (χ1n) is 6.12. The van der Waals surface area contributed by atoms with E-state index in [-0.39, 0.29) is 17.3 Å². The van der Waals surface area contributed by atoms with Gasteiger partial charge in [-0.15, -0.1) is 0 Å². The number of hydrogen-bond donors (Lipinski definition) is 0. The summed E-state index contributed by atoms with van der Waals surface area (Å²) >= 11 is 0. The van der Waals surface area contributed by atoms with Gasteiger partial charge in [0, 0.05) is 5.41 Å². The van der Waals surface area contributed by atoms with Gasteiger partial charge in [-0.25, -0.2) is 0 Å². The van der Waals surface area contributed by atoms with Gasteiger partial charge in [-0.2, -0.15) is 0 Å². The molecule has 5 nitrogen and oxygen atoms in total. The average Bonchev–Trinajstić information content (AvgIpc) is 2.98. The van der Waals surface area contributed by atoms with E-state index < -0.39 is 0 Å². The molecule has 1 saturated carbocycles. The molecule has 2 fully saturated rings. The molecule has 2 rings (SSSR count). The van der Waals surface area contributed by atoms with E-state index in [1.54, 1.807) is 0 Å². The topological polar surface area (TPSA) is 54.0 Å². The summed E-state index contributed by atoms with van der Waals surface area (Å²) in [6.45, 7) is 5.65. The fourth-order valence-electron chi connectivity index (χ4n) is 1.98. The van der Waals surface area contributed by atoms with Crippen molar-refractivity contribution in [3.63, 3.8) is 0 Å². The van der Waals surface area contributed by atoms with Crippen molar-refractivity contribution in [3.05, 3.63) is 0 Å². The fourth-order valence-corrected chi connectivity index (χ4v) is 1.98. The highest BCUT2D eigenvalue weighted by Gasteiger charge is 2.55. The summed E-state index contributed by atoms with van der Waals surface area (Å²) < 4.78 is 21.2. The largest absolute Gasteiger partial charge is 0.463 e. The van der Waals surface area contributed by atoms with Crippen LogP contribution in [0.2, 0.25) is 0 Å². The molecule has 0 aromatic heterocycles. The molecule has 1 saturated heterocycles. The Morgan fingerprint density at radius 2 is 1.59 bits per heavy atom. The Labute approximate surface area is 101 Å². The predicted molar refractivity (Wildman–Crippen MR) is 59.6 cm³/mol. The first-order chi connectivity index (χ1) is 8.22. The van der Waals surface area contributed by atoms with E-state index in [0.29, 0.717) is 46.2 Å². The SMILES string of the molecule is C[C@@]12COCCOCCOCCOC(=O)[C@@H]1C2. The monoisotopic (exact) mass is 244 g/mol. The fraction of sp³-hybridized carbons (Fsp3) is 0.917. The van der Waals surface area contributed by atoms with Crippen LogP contribution in [0.4, 0.5) is 0 Å². The quantitative estimate of drug-likeness (QED) is 0.585. The van der Waals surface area contributed by atoms with Crippen LogP contribution in [0, 0.1) is 11.3 Å². The molecule has 5 heteroatoms. The lowest BCUT2D eigenvalue weighted by Crippen LogP contribution is -2.20. The maximum Gasteiger partial charge on any atom is 0.309 e. The highest BCUT2D eigenvalue weighted by atomic mass is 16.6. The van der Waals surface area contributed by atoms with Crippen molar-refractivity contribution in [2.24, 2.45) is 11.3 Å². The van der Waals surface area contributed by atoms with Gasteiger partial charge in [0.2, 0.25) is 0 Å². The molecule has 1 heterocycles. The molecule has 17 heavy (non-hydrogen) atoms. The van der Waals surface area contributed by atoms with E-state index >= 15 is 0 Å². The second-order valence-electron chi connectivity index (χ2n) is 4.86. The zero-order valence-electron chi connectivity index (χ0n) is 10.3. The van der Waals surface area contributed by atoms with Crippen LogP contribution in [0.15, 0.2) is 0 Å². The van der Waals surface area contributed by atoms with Crippen molar-refractivity contribution < 1.29 is 23.7 Å². The van der Waals surface area contributed by atoms with Crippen LogP contribution in [0.1, 0.15) is 13.3 Å². The number of carbonyl (C=O) groups is 1. The van der Waals surface area contributed by atoms with E-state index in [9.17, 15) is 4.79 Å². The minimum atomic E-state index is -0.118. The molecule has 0 unspecified atom stereocenters. The van der Waals surface area contributed by atoms with Gasteiger partial charge in [0.25, 0.3) is 0 Å². The Hall–Kier alpha value is -0.650. The lowest BCUT2D eigenvalue weighted by atomic mass is 10.1. The van der Waals surface area contributed by atoms with Crippen LogP contribution >= 0.6 is 0 Å². The number of hydrogen-bond acceptors (Lipinski definition) is 5. The molecule has 0 radical (unpaired) electrons. The van der Waals surface area contributed by atoms with Crippen LogP contribution < -0.4 is 0 Å². The molecule has 1 aliphatic carbocycles. The molecule has 0 spiro atoms. The molecular weight excluding hydrogens is 224 g/mol. The Bertz CT molecular complexity index is 268. The number of esters is 1. The molecule has 1 aliphatic heterocycles. The Balaban J connectivity index is 1.79. The van der Waals surface area contributed by atoms with Crippen molar-refractivity contribution in [2.45, 2.75) is 13.3 Å². The number of fused-ring (bicyclic) bond motifs is 1. The van der Waals surface area contributed by atoms with E-state index in [1.165, 1.54) is 0 Å². The molecule has 0 amide bonds. The lowest BCUT2D eigenvalue weighted by Gasteiger charge is -2.13. The molecule has 0 N–H and O–H groups in total. The average molecular weight is 244 g/mol. The van der Waals surface area contributed by atoms with E-state index in [1.807, 2.05) is 0 Å². The second kappa shape index (κ2) is 5.80. The smallest absolute Gasteiger partial charge is 0.309 e. The highest BCUT2D eigenvalue weighted by Crippen LogP contribution is 2.52. The first-order valence-corrected chi connectivity index (χ1v) is 6.12. The highest BCUT2D eigenvalue weighted by molar-refractivity contribution is 5.76. The van der Waals surface area contributed by atoms with Gasteiger partial charge in [-0.05, 0) is 6.42 Å². The van der Waals surface area contributed by atoms with E-state index in [2.05, 4.69) is 6.92 Å². The van der Waals surface area contributed by atoms with Crippen molar-refractivity contribution in [1.82, 2.24) is 0 Å². The molecule has 98 valence electrons. The first kappa shape index (κ1) is 12.8. The van der Waals surface area contributed by atoms with Gasteiger partial charge < -0.3 is 18.9 Å². The van der Waals surface area contributed by atoms with Crippen LogP contribution in [0.5, 0.6) is 0 Å². The second-order valence-corrected chi connectivity index (χ2v) is 4.86. The summed E-state index contributed by atoms with van der Waals surface area (Å²) in [4.78, 5) is 11.7. The lowest BCUT2D eigenvalue weighted by molar-refractivity contribution is -0.148. The maximum absolute atomic E-state index is 11.7. The van der Waals surface area contributed by atoms with Gasteiger partial charge in [0.1, 0.15) is 6.61 Å². The minimum absolute atomic E-state index is 0.00800. The zero-order valence-corrected chi connectivity index (χ0v) is 10.3. The zero-order chi connectivity index (χ0) is 12.1. The Morgan fingerprint density at radius 1 is 1.00 bits per heavy atom. The van der Waals surface area contributed by atoms with E-state index in [4.69, 9.17) is 18.9 Å². The Morgan fingerprint density at radius 3 is 2.29 bits per heavy atom. The summed E-state index contributed by atoms with van der Waals surface area (Å²) in [6.07, 6.45) is 0.855. The third kappa shape index (κ3) is 3.66. The van der Waals surface area contributed by atoms with Crippen molar-refractivity contribution >= 4 is 5.97 Å². The van der Waals surface area contributed by atoms with Crippen LogP contribution in [-0.4, -0.2) is 52.2 Å². The summed E-state index contributed by atoms with van der Waals surface area (Å²) in [5, 5.41) is 0. The molecule has 0 bridgehead atoms. The number of cyclic esters (lactones) is 1. The third-order valence-electron chi connectivity index (χ3n) is 3.28. The summed E-state index contributed by atoms with van der Waals surface area (Å²) in [5.74, 6) is -0.126. The molecule has 0 aromatic rings. The van der Waals surface area contributed by atoms with Gasteiger partial charge >= 0.3 is 5.97 Å². The molecule has 2 aliphatic rings. The van der Waals surface area contributed by atoms with Gasteiger partial charge in [0.15, 0.2) is 0 Å². The normalized spacial score (nSPS) is 36.5. The molecule has 0 aromatic carbocycles. The Kier molecular flexibility index (Phi) is 4.36. The van der Waals surface area contributed by atoms with Crippen LogP contribution in [0.3, 0.4) is 0 Å². The summed E-state index contributed by atoms with van der Waals surface area (Å²) in [7, 11) is 0. The number of ether oxygens (including phenoxy) is 4. The van der Waals surface area contributed by atoms with Crippen LogP contribution in [0.25, 0.3) is 0 Å². The van der Waals surface area contributed by atoms with Crippen molar-refractivity contribution in [2.75, 3.05) is 46.2 Å². The minimum Gasteiger partial charge on any atom is -0.463 e. The standard InChI is InChI=1S/C12H20O5/c1-12-8-10(12)11(13)17-7-6-15-3-2-14-4-5-16-9-12/h10H,2-9H2,1H3/t10-,12+/m0/s1. The molecule has 2 atom stereocenters.